The number of nitrogens with one attached hydrogen (secondary N) is 1. The lowest BCUT2D eigenvalue weighted by atomic mass is 9.87. The van der Waals surface area contributed by atoms with Gasteiger partial charge in [0.15, 0.2) is 0 Å². The Morgan fingerprint density at radius 1 is 1.21 bits per heavy atom. The smallest absolute Gasteiger partial charge is 0.262 e. The lowest BCUT2D eigenvalue weighted by Gasteiger charge is -2.41. The summed E-state index contributed by atoms with van der Waals surface area (Å²) in [5.41, 5.74) is 6.45. The van der Waals surface area contributed by atoms with Crippen molar-refractivity contribution < 1.29 is 4.79 Å². The highest BCUT2D eigenvalue weighted by molar-refractivity contribution is 6.02. The molecule has 0 saturated heterocycles. The van der Waals surface area contributed by atoms with Crippen molar-refractivity contribution in [2.75, 3.05) is 11.9 Å². The van der Waals surface area contributed by atoms with Crippen molar-refractivity contribution in [1.82, 2.24) is 5.32 Å². The van der Waals surface area contributed by atoms with E-state index in [2.05, 4.69) is 62.3 Å². The van der Waals surface area contributed by atoms with Crippen LogP contribution in [0, 0.1) is 18.3 Å². The van der Waals surface area contributed by atoms with Crippen molar-refractivity contribution >= 4 is 23.2 Å². The van der Waals surface area contributed by atoms with Gasteiger partial charge in [0.1, 0.15) is 11.6 Å². The molecule has 1 heterocycles. The van der Waals surface area contributed by atoms with Crippen molar-refractivity contribution in [3.8, 4) is 6.07 Å². The normalized spacial score (nSPS) is 15.2. The molecule has 1 aliphatic rings. The van der Waals surface area contributed by atoms with Crippen LogP contribution in [0.1, 0.15) is 43.0 Å². The van der Waals surface area contributed by atoms with Gasteiger partial charge in [0, 0.05) is 24.8 Å². The van der Waals surface area contributed by atoms with Gasteiger partial charge in [-0.3, -0.25) is 4.79 Å². The molecule has 2 aromatic rings. The number of allylic oxidation sites excluding steroid dienone is 1. The zero-order valence-electron chi connectivity index (χ0n) is 17.7. The van der Waals surface area contributed by atoms with E-state index in [9.17, 15) is 10.1 Å². The molecule has 0 aliphatic carbocycles. The fraction of sp³-hybridized carbons (Fsp3) is 0.280. The largest absolute Gasteiger partial charge is 0.365 e. The predicted octanol–water partition coefficient (Wildman–Crippen LogP) is 4.85. The van der Waals surface area contributed by atoms with Gasteiger partial charge in [-0.25, -0.2) is 0 Å². The Hall–Kier alpha value is -3.32. The average molecular weight is 386 g/mol. The first kappa shape index (κ1) is 20.4. The molecule has 4 nitrogen and oxygen atoms in total. The molecule has 0 aromatic heterocycles. The van der Waals surface area contributed by atoms with Crippen molar-refractivity contribution in [2.45, 2.75) is 39.8 Å². The van der Waals surface area contributed by atoms with Gasteiger partial charge in [-0.05, 0) is 68.2 Å². The number of hydrogen-bond acceptors (Lipinski definition) is 3. The summed E-state index contributed by atoms with van der Waals surface area (Å²) in [6.07, 6.45) is 3.93. The SMILES string of the molecule is CC1=CC(C)(C)N(C)c2cc(C)c(/C=C(\C#N)C(=O)NCc3ccccc3)cc21. The summed E-state index contributed by atoms with van der Waals surface area (Å²) in [7, 11) is 2.09. The Bertz CT molecular complexity index is 1040. The van der Waals surface area contributed by atoms with Crippen LogP contribution in [0.2, 0.25) is 0 Å². The zero-order chi connectivity index (χ0) is 21.2. The minimum Gasteiger partial charge on any atom is -0.365 e. The summed E-state index contributed by atoms with van der Waals surface area (Å²) < 4.78 is 0. The van der Waals surface area contributed by atoms with E-state index in [4.69, 9.17) is 0 Å². The quantitative estimate of drug-likeness (QED) is 0.605. The van der Waals surface area contributed by atoms with Crippen molar-refractivity contribution in [3.63, 3.8) is 0 Å². The molecule has 4 heteroatoms. The van der Waals surface area contributed by atoms with E-state index in [0.717, 1.165) is 27.9 Å². The molecule has 29 heavy (non-hydrogen) atoms. The summed E-state index contributed by atoms with van der Waals surface area (Å²) in [5.74, 6) is -0.362. The molecule has 1 N–H and O–H groups in total. The second-order valence-electron chi connectivity index (χ2n) is 8.10. The second-order valence-corrected chi connectivity index (χ2v) is 8.10. The van der Waals surface area contributed by atoms with Crippen LogP contribution >= 0.6 is 0 Å². The Kier molecular flexibility index (Phi) is 5.61. The number of likely N-dealkylation sites (N-methyl/N-ethyl adjacent to an activating group) is 1. The Balaban J connectivity index is 1.90. The summed E-state index contributed by atoms with van der Waals surface area (Å²) in [6.45, 7) is 8.89. The van der Waals surface area contributed by atoms with E-state index < -0.39 is 0 Å². The third kappa shape index (κ3) is 4.25. The summed E-state index contributed by atoms with van der Waals surface area (Å²) in [4.78, 5) is 14.8. The predicted molar refractivity (Wildman–Crippen MR) is 119 cm³/mol. The number of nitriles is 1. The first-order valence-electron chi connectivity index (χ1n) is 9.75. The van der Waals surface area contributed by atoms with Crippen LogP contribution in [0.25, 0.3) is 11.6 Å². The minimum absolute atomic E-state index is 0.0595. The maximum atomic E-state index is 12.5. The molecular formula is C25H27N3O. The van der Waals surface area contributed by atoms with Gasteiger partial charge in [-0.2, -0.15) is 5.26 Å². The van der Waals surface area contributed by atoms with E-state index in [1.807, 2.05) is 37.3 Å². The van der Waals surface area contributed by atoms with E-state index in [0.29, 0.717) is 6.54 Å². The van der Waals surface area contributed by atoms with Gasteiger partial charge >= 0.3 is 0 Å². The number of anilines is 1. The first-order chi connectivity index (χ1) is 13.7. The van der Waals surface area contributed by atoms with Gasteiger partial charge in [-0.15, -0.1) is 0 Å². The second kappa shape index (κ2) is 7.97. The van der Waals surface area contributed by atoms with Crippen LogP contribution in [0.15, 0.2) is 54.1 Å². The molecule has 3 rings (SSSR count). The highest BCUT2D eigenvalue weighted by Gasteiger charge is 2.28. The molecule has 148 valence electrons. The van der Waals surface area contributed by atoms with Crippen LogP contribution in [0.4, 0.5) is 5.69 Å². The topological polar surface area (TPSA) is 56.1 Å². The van der Waals surface area contributed by atoms with Crippen LogP contribution in [-0.4, -0.2) is 18.5 Å². The Morgan fingerprint density at radius 2 is 1.90 bits per heavy atom. The van der Waals surface area contributed by atoms with Gasteiger partial charge in [0.2, 0.25) is 0 Å². The summed E-state index contributed by atoms with van der Waals surface area (Å²) >= 11 is 0. The maximum Gasteiger partial charge on any atom is 0.262 e. The standard InChI is InChI=1S/C25H27N3O/c1-17-11-23-22(18(2)14-25(3,4)28(23)5)13-20(17)12-21(15-26)24(29)27-16-19-9-7-6-8-10-19/h6-14H,16H2,1-5H3,(H,27,29)/b21-12+. The molecule has 2 aromatic carbocycles. The fourth-order valence-corrected chi connectivity index (χ4v) is 3.65. The van der Waals surface area contributed by atoms with Crippen molar-refractivity contribution in [2.24, 2.45) is 0 Å². The monoisotopic (exact) mass is 385 g/mol. The van der Waals surface area contributed by atoms with Gasteiger partial charge in [0.25, 0.3) is 5.91 Å². The maximum absolute atomic E-state index is 12.5. The van der Waals surface area contributed by atoms with Crippen LogP contribution in [-0.2, 0) is 11.3 Å². The molecule has 0 atom stereocenters. The number of aryl methyl sites for hydroxylation is 1. The third-order valence-corrected chi connectivity index (χ3v) is 5.57. The van der Waals surface area contributed by atoms with Gasteiger partial charge in [-0.1, -0.05) is 36.4 Å². The van der Waals surface area contributed by atoms with Crippen molar-refractivity contribution in [1.29, 1.82) is 5.26 Å². The number of carbonyl (C=O) groups is 1. The molecular weight excluding hydrogens is 358 g/mol. The molecule has 0 radical (unpaired) electrons. The molecule has 0 saturated carbocycles. The minimum atomic E-state index is -0.362. The van der Waals surface area contributed by atoms with Gasteiger partial charge in [0.05, 0.1) is 5.54 Å². The van der Waals surface area contributed by atoms with Gasteiger partial charge < -0.3 is 10.2 Å². The summed E-state index contributed by atoms with van der Waals surface area (Å²) in [6, 6.07) is 15.9. The highest BCUT2D eigenvalue weighted by atomic mass is 16.1. The first-order valence-corrected chi connectivity index (χ1v) is 9.75. The molecule has 1 aliphatic heterocycles. The number of carbonyl (C=O) groups excluding carboxylic acids is 1. The third-order valence-electron chi connectivity index (χ3n) is 5.57. The van der Waals surface area contributed by atoms with Crippen molar-refractivity contribution in [3.05, 3.63) is 76.4 Å². The molecule has 0 unspecified atom stereocenters. The Morgan fingerprint density at radius 3 is 2.55 bits per heavy atom. The number of benzene rings is 2. The number of nitrogens with zero attached hydrogens (tertiary/aromatic N) is 2. The van der Waals surface area contributed by atoms with E-state index in [1.165, 1.54) is 5.57 Å². The van der Waals surface area contributed by atoms with E-state index in [-0.39, 0.29) is 17.0 Å². The van der Waals surface area contributed by atoms with E-state index in [1.54, 1.807) is 6.08 Å². The molecule has 1 amide bonds. The number of fused-ring (bicyclic) bond motifs is 1. The average Bonchev–Trinajstić information content (AvgIpc) is 2.69. The van der Waals surface area contributed by atoms with Crippen LogP contribution in [0.5, 0.6) is 0 Å². The lowest BCUT2D eigenvalue weighted by molar-refractivity contribution is -0.117. The molecule has 0 bridgehead atoms. The van der Waals surface area contributed by atoms with Crippen LogP contribution < -0.4 is 10.2 Å². The van der Waals surface area contributed by atoms with E-state index >= 15 is 0 Å². The lowest BCUT2D eigenvalue weighted by Crippen LogP contribution is -2.42. The number of rotatable bonds is 4. The Labute approximate surface area is 173 Å². The molecule has 0 spiro atoms. The number of amides is 1. The fourth-order valence-electron chi connectivity index (χ4n) is 3.65. The highest BCUT2D eigenvalue weighted by Crippen LogP contribution is 2.39. The zero-order valence-corrected chi connectivity index (χ0v) is 17.7. The number of hydrogen-bond donors (Lipinski definition) is 1. The molecule has 0 fully saturated rings. The summed E-state index contributed by atoms with van der Waals surface area (Å²) in [5, 5.41) is 12.4. The van der Waals surface area contributed by atoms with Crippen LogP contribution in [0.3, 0.4) is 0 Å².